The van der Waals surface area contributed by atoms with E-state index in [0.29, 0.717) is 12.6 Å². The van der Waals surface area contributed by atoms with E-state index in [9.17, 15) is 0 Å². The van der Waals surface area contributed by atoms with Gasteiger partial charge in [0, 0.05) is 34.7 Å². The molecule has 0 aliphatic heterocycles. The van der Waals surface area contributed by atoms with Crippen molar-refractivity contribution >= 4 is 38.9 Å². The highest BCUT2D eigenvalue weighted by Crippen LogP contribution is 2.38. The van der Waals surface area contributed by atoms with Gasteiger partial charge in [-0.3, -0.25) is 4.90 Å². The number of rotatable bonds is 6. The number of hydrogen-bond donors (Lipinski definition) is 1. The number of hydrogen-bond acceptors (Lipinski definition) is 3. The monoisotopic (exact) mass is 384 g/mol. The molecular weight excluding hydrogens is 368 g/mol. The summed E-state index contributed by atoms with van der Waals surface area (Å²) in [5.74, 6) is 0. The quantitative estimate of drug-likeness (QED) is 0.771. The molecule has 2 aromatic rings. The number of benzene rings is 1. The van der Waals surface area contributed by atoms with E-state index in [1.807, 2.05) is 18.2 Å². The molecule has 2 N–H and O–H groups in total. The molecule has 5 heteroatoms. The van der Waals surface area contributed by atoms with Gasteiger partial charge in [-0.2, -0.15) is 11.3 Å². The molecule has 112 valence electrons. The van der Waals surface area contributed by atoms with Crippen LogP contribution < -0.4 is 5.73 Å². The van der Waals surface area contributed by atoms with Crippen molar-refractivity contribution in [3.05, 3.63) is 55.6 Å². The van der Waals surface area contributed by atoms with Crippen molar-refractivity contribution < 1.29 is 0 Å². The van der Waals surface area contributed by atoms with Crippen molar-refractivity contribution in [2.45, 2.75) is 31.5 Å². The second-order valence-corrected chi connectivity index (χ2v) is 7.52. The predicted octanol–water partition coefficient (Wildman–Crippen LogP) is 4.83. The van der Waals surface area contributed by atoms with E-state index in [-0.39, 0.29) is 6.04 Å². The Kier molecular flexibility index (Phi) is 5.02. The molecule has 0 amide bonds. The molecule has 1 unspecified atom stereocenters. The molecule has 2 nitrogen and oxygen atoms in total. The Balaban J connectivity index is 1.89. The van der Waals surface area contributed by atoms with Crippen LogP contribution in [0.25, 0.3) is 0 Å². The molecular formula is C16H18BrClN2S. The third-order valence-corrected chi connectivity index (χ3v) is 5.59. The zero-order valence-electron chi connectivity index (χ0n) is 11.6. The molecule has 1 heterocycles. The molecule has 1 aromatic carbocycles. The van der Waals surface area contributed by atoms with Crippen LogP contribution in [0.4, 0.5) is 0 Å². The summed E-state index contributed by atoms with van der Waals surface area (Å²) in [7, 11) is 0. The first-order valence-corrected chi connectivity index (χ1v) is 9.22. The number of nitrogens with two attached hydrogens (primary N) is 1. The molecule has 0 spiro atoms. The highest BCUT2D eigenvalue weighted by molar-refractivity contribution is 9.10. The van der Waals surface area contributed by atoms with Crippen molar-refractivity contribution in [1.82, 2.24) is 4.90 Å². The molecule has 1 aliphatic carbocycles. The lowest BCUT2D eigenvalue weighted by Crippen LogP contribution is -2.35. The lowest BCUT2D eigenvalue weighted by molar-refractivity contribution is 0.181. The van der Waals surface area contributed by atoms with Gasteiger partial charge in [0.05, 0.1) is 0 Å². The maximum absolute atomic E-state index is 6.18. The zero-order chi connectivity index (χ0) is 14.8. The number of halogens is 2. The summed E-state index contributed by atoms with van der Waals surface area (Å²) < 4.78 is 1.08. The summed E-state index contributed by atoms with van der Waals surface area (Å²) in [6.07, 6.45) is 2.53. The smallest absolute Gasteiger partial charge is 0.0488 e. The third-order valence-electron chi connectivity index (χ3n) is 3.90. The third kappa shape index (κ3) is 3.69. The lowest BCUT2D eigenvalue weighted by atomic mass is 10.0. The van der Waals surface area contributed by atoms with Crippen molar-refractivity contribution in [2.24, 2.45) is 5.73 Å². The molecule has 1 atom stereocenters. The Hall–Kier alpha value is -0.390. The van der Waals surface area contributed by atoms with Crippen LogP contribution >= 0.6 is 38.9 Å². The van der Waals surface area contributed by atoms with Gasteiger partial charge in [-0.1, -0.05) is 27.5 Å². The molecule has 3 rings (SSSR count). The highest BCUT2D eigenvalue weighted by atomic mass is 79.9. The van der Waals surface area contributed by atoms with Crippen LogP contribution in [0, 0.1) is 0 Å². The van der Waals surface area contributed by atoms with Crippen LogP contribution in [-0.2, 0) is 6.54 Å². The fourth-order valence-corrected chi connectivity index (χ4v) is 4.06. The largest absolute Gasteiger partial charge is 0.329 e. The average molecular weight is 386 g/mol. The van der Waals surface area contributed by atoms with E-state index >= 15 is 0 Å². The van der Waals surface area contributed by atoms with Gasteiger partial charge in [0.25, 0.3) is 0 Å². The first kappa shape index (κ1) is 15.5. The minimum Gasteiger partial charge on any atom is -0.329 e. The van der Waals surface area contributed by atoms with Gasteiger partial charge < -0.3 is 5.73 Å². The van der Waals surface area contributed by atoms with Gasteiger partial charge in [0.2, 0.25) is 0 Å². The highest BCUT2D eigenvalue weighted by Gasteiger charge is 2.34. The summed E-state index contributed by atoms with van der Waals surface area (Å²) in [5, 5.41) is 5.11. The lowest BCUT2D eigenvalue weighted by Gasteiger charge is -2.32. The summed E-state index contributed by atoms with van der Waals surface area (Å²) >= 11 is 11.6. The van der Waals surface area contributed by atoms with Crippen molar-refractivity contribution in [3.63, 3.8) is 0 Å². The number of nitrogens with zero attached hydrogens (tertiary/aromatic N) is 1. The topological polar surface area (TPSA) is 29.3 Å². The van der Waals surface area contributed by atoms with E-state index in [0.717, 1.165) is 16.0 Å². The Morgan fingerprint density at radius 2 is 2.19 bits per heavy atom. The molecule has 0 saturated heterocycles. The standard InChI is InChI=1S/C16H18BrClN2S/c17-15-4-1-12(18)7-14(15)16(8-19)20(13-2-3-13)9-11-5-6-21-10-11/h1,4-7,10,13,16H,2-3,8-9,19H2. The fraction of sp³-hybridized carbons (Fsp3) is 0.375. The maximum Gasteiger partial charge on any atom is 0.0488 e. The van der Waals surface area contributed by atoms with Gasteiger partial charge in [-0.25, -0.2) is 0 Å². The Morgan fingerprint density at radius 1 is 1.38 bits per heavy atom. The molecule has 1 aliphatic rings. The number of thiophene rings is 1. The van der Waals surface area contributed by atoms with E-state index in [4.69, 9.17) is 17.3 Å². The molecule has 21 heavy (non-hydrogen) atoms. The SMILES string of the molecule is NCC(c1cc(Cl)ccc1Br)N(Cc1ccsc1)C1CC1. The first-order chi connectivity index (χ1) is 10.2. The summed E-state index contributed by atoms with van der Waals surface area (Å²) in [5.41, 5.74) is 8.67. The Bertz CT molecular complexity index is 598. The van der Waals surface area contributed by atoms with Crippen LogP contribution in [0.2, 0.25) is 5.02 Å². The zero-order valence-corrected chi connectivity index (χ0v) is 14.8. The molecule has 0 radical (unpaired) electrons. The van der Waals surface area contributed by atoms with E-state index < -0.39 is 0 Å². The van der Waals surface area contributed by atoms with E-state index in [1.54, 1.807) is 11.3 Å². The second kappa shape index (κ2) is 6.80. The normalized spacial score (nSPS) is 16.4. The minimum atomic E-state index is 0.200. The molecule has 1 aromatic heterocycles. The van der Waals surface area contributed by atoms with Crippen LogP contribution in [0.1, 0.15) is 30.0 Å². The summed E-state index contributed by atoms with van der Waals surface area (Å²) in [6, 6.07) is 8.99. The average Bonchev–Trinajstić information content (AvgIpc) is 3.19. The predicted molar refractivity (Wildman–Crippen MR) is 93.8 cm³/mol. The first-order valence-electron chi connectivity index (χ1n) is 7.11. The van der Waals surface area contributed by atoms with Gasteiger partial charge in [0.15, 0.2) is 0 Å². The summed E-state index contributed by atoms with van der Waals surface area (Å²) in [4.78, 5) is 2.53. The van der Waals surface area contributed by atoms with Crippen molar-refractivity contribution in [2.75, 3.05) is 6.54 Å². The maximum atomic E-state index is 6.18. The van der Waals surface area contributed by atoms with Gasteiger partial charge in [-0.15, -0.1) is 0 Å². The van der Waals surface area contributed by atoms with E-state index in [1.165, 1.54) is 24.0 Å². The molecule has 1 saturated carbocycles. The second-order valence-electron chi connectivity index (χ2n) is 5.45. The van der Waals surface area contributed by atoms with Crippen LogP contribution in [0.15, 0.2) is 39.5 Å². The van der Waals surface area contributed by atoms with E-state index in [2.05, 4.69) is 37.7 Å². The van der Waals surface area contributed by atoms with Gasteiger partial charge in [0.1, 0.15) is 0 Å². The van der Waals surface area contributed by atoms with Crippen LogP contribution in [0.3, 0.4) is 0 Å². The minimum absolute atomic E-state index is 0.200. The van der Waals surface area contributed by atoms with Gasteiger partial charge >= 0.3 is 0 Å². The van der Waals surface area contributed by atoms with Crippen molar-refractivity contribution in [3.8, 4) is 0 Å². The van der Waals surface area contributed by atoms with Crippen molar-refractivity contribution in [1.29, 1.82) is 0 Å². The Morgan fingerprint density at radius 3 is 2.81 bits per heavy atom. The molecule has 0 bridgehead atoms. The fourth-order valence-electron chi connectivity index (χ4n) is 2.70. The van der Waals surface area contributed by atoms with Gasteiger partial charge in [-0.05, 0) is 59.0 Å². The molecule has 1 fully saturated rings. The van der Waals surface area contributed by atoms with Crippen LogP contribution in [-0.4, -0.2) is 17.5 Å². The summed E-state index contributed by atoms with van der Waals surface area (Å²) in [6.45, 7) is 1.55. The Labute approximate surface area is 143 Å². The van der Waals surface area contributed by atoms with Crippen LogP contribution in [0.5, 0.6) is 0 Å².